The summed E-state index contributed by atoms with van der Waals surface area (Å²) in [4.78, 5) is 0. The van der Waals surface area contributed by atoms with Crippen LogP contribution in [0.1, 0.15) is 42.0 Å². The van der Waals surface area contributed by atoms with Crippen LogP contribution in [0.5, 0.6) is 5.75 Å². The lowest BCUT2D eigenvalue weighted by molar-refractivity contribution is 0.464. The zero-order valence-corrected chi connectivity index (χ0v) is 13.1. The van der Waals surface area contributed by atoms with Crippen molar-refractivity contribution in [1.82, 2.24) is 0 Å². The first-order chi connectivity index (χ1) is 9.81. The second-order valence-electron chi connectivity index (χ2n) is 5.61. The molecule has 0 aliphatic carbocycles. The van der Waals surface area contributed by atoms with Gasteiger partial charge in [-0.3, -0.25) is 0 Å². The molecule has 0 atom stereocenters. The number of benzene rings is 2. The Kier molecular flexibility index (Phi) is 4.43. The monoisotopic (exact) mass is 307 g/mol. The summed E-state index contributed by atoms with van der Waals surface area (Å²) < 4.78 is 13.8. The number of aromatic hydroxyl groups is 1. The van der Waals surface area contributed by atoms with E-state index in [2.05, 4.69) is 0 Å². The normalized spacial score (nSPS) is 11.1. The fourth-order valence-electron chi connectivity index (χ4n) is 2.41. The van der Waals surface area contributed by atoms with E-state index in [0.717, 1.165) is 22.3 Å². The van der Waals surface area contributed by atoms with Gasteiger partial charge in [-0.05, 0) is 53.6 Å². The van der Waals surface area contributed by atoms with Crippen molar-refractivity contribution in [2.24, 2.45) is 0 Å². The minimum atomic E-state index is -0.569. The van der Waals surface area contributed by atoms with Gasteiger partial charge in [0, 0.05) is 0 Å². The number of hydrogen-bond donors (Lipinski definition) is 2. The number of anilines is 1. The lowest BCUT2D eigenvalue weighted by atomic mass is 9.95. The van der Waals surface area contributed by atoms with E-state index in [1.807, 2.05) is 32.9 Å². The van der Waals surface area contributed by atoms with Crippen LogP contribution in [0.25, 0.3) is 0 Å². The third-order valence-corrected chi connectivity index (χ3v) is 4.05. The summed E-state index contributed by atoms with van der Waals surface area (Å²) in [7, 11) is 0. The lowest BCUT2D eigenvalue weighted by Crippen LogP contribution is -2.01. The zero-order valence-electron chi connectivity index (χ0n) is 12.4. The van der Waals surface area contributed by atoms with Crippen molar-refractivity contribution in [3.8, 4) is 5.75 Å². The molecule has 0 spiro atoms. The van der Waals surface area contributed by atoms with Crippen LogP contribution in [0.2, 0.25) is 5.02 Å². The first kappa shape index (κ1) is 15.6. The highest BCUT2D eigenvalue weighted by Gasteiger charge is 2.15. The number of halogens is 2. The van der Waals surface area contributed by atoms with Crippen LogP contribution in [0.3, 0.4) is 0 Å². The molecule has 2 rings (SSSR count). The van der Waals surface area contributed by atoms with Crippen molar-refractivity contribution >= 4 is 17.3 Å². The number of aryl methyl sites for hydroxylation is 1. The third kappa shape index (κ3) is 3.13. The molecule has 0 bridgehead atoms. The summed E-state index contributed by atoms with van der Waals surface area (Å²) in [6, 6.07) is 7.02. The van der Waals surface area contributed by atoms with E-state index in [-0.39, 0.29) is 22.4 Å². The number of hydrogen-bond acceptors (Lipinski definition) is 2. The highest BCUT2D eigenvalue weighted by Crippen LogP contribution is 2.32. The quantitative estimate of drug-likeness (QED) is 0.801. The van der Waals surface area contributed by atoms with Gasteiger partial charge in [-0.25, -0.2) is 4.39 Å². The fraction of sp³-hybridized carbons (Fsp3) is 0.294. The van der Waals surface area contributed by atoms with Crippen LogP contribution in [0.15, 0.2) is 24.3 Å². The highest BCUT2D eigenvalue weighted by molar-refractivity contribution is 6.32. The molecule has 0 aliphatic rings. The number of rotatable bonds is 3. The van der Waals surface area contributed by atoms with E-state index in [9.17, 15) is 9.50 Å². The van der Waals surface area contributed by atoms with E-state index in [0.29, 0.717) is 6.42 Å². The molecule has 0 fully saturated rings. The van der Waals surface area contributed by atoms with E-state index < -0.39 is 5.82 Å². The number of nitrogen functional groups attached to an aromatic ring is 1. The second-order valence-corrected chi connectivity index (χ2v) is 5.99. The van der Waals surface area contributed by atoms with E-state index in [4.69, 9.17) is 17.3 Å². The molecule has 3 N–H and O–H groups in total. The fourth-order valence-corrected chi connectivity index (χ4v) is 2.74. The molecule has 0 unspecified atom stereocenters. The Hall–Kier alpha value is -1.74. The molecule has 21 heavy (non-hydrogen) atoms. The molecule has 0 saturated carbocycles. The summed E-state index contributed by atoms with van der Waals surface area (Å²) in [5, 5.41) is 9.93. The standard InChI is InChI=1S/C17H19ClFNO/c1-9(2)12-7-11(4-5-15(12)21)8-13-10(3)6-14(20)17(19)16(13)18/h4-7,9,21H,8,20H2,1-3H3. The van der Waals surface area contributed by atoms with Crippen LogP contribution >= 0.6 is 11.6 Å². The topological polar surface area (TPSA) is 46.2 Å². The van der Waals surface area contributed by atoms with E-state index in [1.54, 1.807) is 12.1 Å². The van der Waals surface area contributed by atoms with Gasteiger partial charge in [-0.2, -0.15) is 0 Å². The van der Waals surface area contributed by atoms with Crippen molar-refractivity contribution in [3.63, 3.8) is 0 Å². The average Bonchev–Trinajstić information content (AvgIpc) is 2.42. The molecule has 0 aromatic heterocycles. The summed E-state index contributed by atoms with van der Waals surface area (Å²) in [6.07, 6.45) is 0.502. The molecule has 2 aromatic rings. The Morgan fingerprint density at radius 3 is 2.57 bits per heavy atom. The first-order valence-corrected chi connectivity index (χ1v) is 7.23. The van der Waals surface area contributed by atoms with Gasteiger partial charge in [0.15, 0.2) is 5.82 Å². The maximum absolute atomic E-state index is 13.8. The van der Waals surface area contributed by atoms with Gasteiger partial charge < -0.3 is 10.8 Å². The van der Waals surface area contributed by atoms with Crippen molar-refractivity contribution in [3.05, 3.63) is 57.4 Å². The predicted octanol–water partition coefficient (Wildman–Crippen LogP) is 4.79. The maximum Gasteiger partial charge on any atom is 0.164 e. The van der Waals surface area contributed by atoms with E-state index >= 15 is 0 Å². The lowest BCUT2D eigenvalue weighted by Gasteiger charge is -2.14. The Balaban J connectivity index is 2.44. The van der Waals surface area contributed by atoms with Gasteiger partial charge in [0.2, 0.25) is 0 Å². The minimum Gasteiger partial charge on any atom is -0.508 e. The summed E-state index contributed by atoms with van der Waals surface area (Å²) in [5.74, 6) is -0.0788. The summed E-state index contributed by atoms with van der Waals surface area (Å²) in [5.41, 5.74) is 9.07. The Labute approximate surface area is 129 Å². The van der Waals surface area contributed by atoms with Gasteiger partial charge in [-0.1, -0.05) is 37.6 Å². The van der Waals surface area contributed by atoms with Crippen molar-refractivity contribution in [2.45, 2.75) is 33.1 Å². The van der Waals surface area contributed by atoms with E-state index in [1.165, 1.54) is 0 Å². The third-order valence-electron chi connectivity index (χ3n) is 3.65. The van der Waals surface area contributed by atoms with Crippen molar-refractivity contribution in [1.29, 1.82) is 0 Å². The molecule has 4 heteroatoms. The molecule has 0 heterocycles. The summed E-state index contributed by atoms with van der Waals surface area (Å²) >= 11 is 6.08. The number of phenolic OH excluding ortho intramolecular Hbond substituents is 1. The van der Waals surface area contributed by atoms with Gasteiger partial charge in [-0.15, -0.1) is 0 Å². The molecule has 0 aliphatic heterocycles. The van der Waals surface area contributed by atoms with Gasteiger partial charge in [0.1, 0.15) is 5.75 Å². The van der Waals surface area contributed by atoms with Gasteiger partial charge in [0.25, 0.3) is 0 Å². The molecular weight excluding hydrogens is 289 g/mol. The molecule has 2 nitrogen and oxygen atoms in total. The molecule has 0 saturated heterocycles. The Morgan fingerprint density at radius 1 is 1.29 bits per heavy atom. The van der Waals surface area contributed by atoms with Crippen LogP contribution in [-0.4, -0.2) is 5.11 Å². The molecule has 0 amide bonds. The Bertz CT molecular complexity index is 683. The second kappa shape index (κ2) is 5.94. The maximum atomic E-state index is 13.8. The number of nitrogens with two attached hydrogens (primary N) is 1. The minimum absolute atomic E-state index is 0.0647. The predicted molar refractivity (Wildman–Crippen MR) is 85.6 cm³/mol. The van der Waals surface area contributed by atoms with Crippen LogP contribution < -0.4 is 5.73 Å². The zero-order chi connectivity index (χ0) is 15.7. The largest absolute Gasteiger partial charge is 0.508 e. The summed E-state index contributed by atoms with van der Waals surface area (Å²) in [6.45, 7) is 5.89. The van der Waals surface area contributed by atoms with Crippen LogP contribution in [0.4, 0.5) is 10.1 Å². The Morgan fingerprint density at radius 2 is 1.95 bits per heavy atom. The van der Waals surface area contributed by atoms with Gasteiger partial charge >= 0.3 is 0 Å². The van der Waals surface area contributed by atoms with Crippen LogP contribution in [0, 0.1) is 12.7 Å². The van der Waals surface area contributed by atoms with Crippen molar-refractivity contribution in [2.75, 3.05) is 5.73 Å². The van der Waals surface area contributed by atoms with Crippen molar-refractivity contribution < 1.29 is 9.50 Å². The molecule has 112 valence electrons. The highest BCUT2D eigenvalue weighted by atomic mass is 35.5. The SMILES string of the molecule is Cc1cc(N)c(F)c(Cl)c1Cc1ccc(O)c(C(C)C)c1. The number of phenols is 1. The van der Waals surface area contributed by atoms with Crippen LogP contribution in [-0.2, 0) is 6.42 Å². The molecular formula is C17H19ClFNO. The van der Waals surface area contributed by atoms with Gasteiger partial charge in [0.05, 0.1) is 10.7 Å². The molecule has 2 aromatic carbocycles. The smallest absolute Gasteiger partial charge is 0.164 e. The first-order valence-electron chi connectivity index (χ1n) is 6.86. The average molecular weight is 308 g/mol. The molecule has 0 radical (unpaired) electrons.